The van der Waals surface area contributed by atoms with E-state index in [2.05, 4.69) is 29.5 Å². The van der Waals surface area contributed by atoms with Crippen molar-refractivity contribution < 1.29 is 9.52 Å². The van der Waals surface area contributed by atoms with Crippen molar-refractivity contribution in [2.45, 2.75) is 64.5 Å². The maximum absolute atomic E-state index is 10.5. The lowest BCUT2D eigenvalue weighted by Crippen LogP contribution is -2.45. The molecule has 1 fully saturated rings. The minimum Gasteiger partial charge on any atom is -0.466 e. The molecule has 1 aromatic heterocycles. The minimum absolute atomic E-state index is 0.264. The number of aliphatic hydroxyl groups is 1. The van der Waals surface area contributed by atoms with Crippen LogP contribution >= 0.6 is 0 Å². The Morgan fingerprint density at radius 1 is 1.35 bits per heavy atom. The summed E-state index contributed by atoms with van der Waals surface area (Å²) in [5.41, 5.74) is -1.09. The fourth-order valence-electron chi connectivity index (χ4n) is 3.12. The second kappa shape index (κ2) is 8.39. The Labute approximate surface area is 139 Å². The minimum atomic E-state index is -1.09. The Morgan fingerprint density at radius 2 is 2.09 bits per heavy atom. The van der Waals surface area contributed by atoms with E-state index in [4.69, 9.17) is 4.42 Å². The fraction of sp³-hybridized carbons (Fsp3) is 0.722. The topological polar surface area (TPSA) is 69.8 Å². The summed E-state index contributed by atoms with van der Waals surface area (Å²) in [4.78, 5) is 4.56. The van der Waals surface area contributed by atoms with Crippen LogP contribution in [-0.4, -0.2) is 30.2 Å². The van der Waals surface area contributed by atoms with Gasteiger partial charge in [-0.3, -0.25) is 0 Å². The van der Waals surface area contributed by atoms with E-state index < -0.39 is 5.60 Å². The number of nitrogens with one attached hydrogen (secondary N) is 2. The summed E-state index contributed by atoms with van der Waals surface area (Å²) in [6.07, 6.45) is 7.82. The number of hydrogen-bond acceptors (Lipinski definition) is 3. The molecule has 0 saturated heterocycles. The molecule has 1 heterocycles. The van der Waals surface area contributed by atoms with Crippen LogP contribution in [0.5, 0.6) is 0 Å². The Hall–Kier alpha value is -1.49. The molecule has 130 valence electrons. The predicted octanol–water partition coefficient (Wildman–Crippen LogP) is 3.01. The number of guanidine groups is 1. The van der Waals surface area contributed by atoms with Crippen LogP contribution in [0.3, 0.4) is 0 Å². The molecule has 0 bridgehead atoms. The largest absolute Gasteiger partial charge is 0.466 e. The van der Waals surface area contributed by atoms with Gasteiger partial charge in [-0.05, 0) is 57.6 Å². The molecule has 0 aromatic carbocycles. The molecule has 1 atom stereocenters. The van der Waals surface area contributed by atoms with Crippen LogP contribution in [-0.2, 0) is 5.60 Å². The van der Waals surface area contributed by atoms with E-state index in [0.717, 1.165) is 18.4 Å². The molecule has 0 amide bonds. The number of hydrogen-bond donors (Lipinski definition) is 3. The zero-order valence-electron chi connectivity index (χ0n) is 14.6. The zero-order valence-corrected chi connectivity index (χ0v) is 14.6. The fourth-order valence-corrected chi connectivity index (χ4v) is 3.12. The standard InChI is InChI=1S/C18H31N3O2/c1-4-14-8-10-15(11-9-14)21-17(19-5-2)20-13-18(3,22)16-7-6-12-23-16/h6-7,12,14-15,22H,4-5,8-11,13H2,1-3H3,(H2,19,20,21). The highest BCUT2D eigenvalue weighted by molar-refractivity contribution is 5.80. The first-order valence-electron chi connectivity index (χ1n) is 8.86. The van der Waals surface area contributed by atoms with Gasteiger partial charge in [-0.1, -0.05) is 13.3 Å². The molecule has 1 saturated carbocycles. The molecule has 23 heavy (non-hydrogen) atoms. The molecule has 5 nitrogen and oxygen atoms in total. The van der Waals surface area contributed by atoms with Crippen molar-refractivity contribution in [2.75, 3.05) is 13.1 Å². The smallest absolute Gasteiger partial charge is 0.191 e. The lowest BCUT2D eigenvalue weighted by Gasteiger charge is -2.30. The molecule has 0 radical (unpaired) electrons. The SMILES string of the molecule is CCNC(=NCC(C)(O)c1ccco1)NC1CCC(CC)CC1. The van der Waals surface area contributed by atoms with Gasteiger partial charge in [0, 0.05) is 12.6 Å². The van der Waals surface area contributed by atoms with Gasteiger partial charge in [0.2, 0.25) is 0 Å². The third-order valence-corrected chi connectivity index (χ3v) is 4.71. The normalized spacial score (nSPS) is 25.0. The number of aliphatic imine (C=N–C) groups is 1. The van der Waals surface area contributed by atoms with E-state index in [0.29, 0.717) is 11.8 Å². The maximum atomic E-state index is 10.5. The number of furan rings is 1. The van der Waals surface area contributed by atoms with Crippen molar-refractivity contribution in [1.82, 2.24) is 10.6 Å². The third-order valence-electron chi connectivity index (χ3n) is 4.71. The molecule has 1 unspecified atom stereocenters. The summed E-state index contributed by atoms with van der Waals surface area (Å²) in [7, 11) is 0. The van der Waals surface area contributed by atoms with E-state index in [9.17, 15) is 5.11 Å². The van der Waals surface area contributed by atoms with E-state index in [1.165, 1.54) is 32.1 Å². The molecule has 5 heteroatoms. The second-order valence-electron chi connectivity index (χ2n) is 6.72. The van der Waals surface area contributed by atoms with Crippen LogP contribution in [0, 0.1) is 5.92 Å². The summed E-state index contributed by atoms with van der Waals surface area (Å²) < 4.78 is 5.30. The van der Waals surface area contributed by atoms with Gasteiger partial charge in [0.05, 0.1) is 12.8 Å². The van der Waals surface area contributed by atoms with Crippen molar-refractivity contribution in [2.24, 2.45) is 10.9 Å². The van der Waals surface area contributed by atoms with E-state index in [-0.39, 0.29) is 6.54 Å². The Balaban J connectivity index is 1.92. The quantitative estimate of drug-likeness (QED) is 0.556. The van der Waals surface area contributed by atoms with Crippen molar-refractivity contribution in [3.05, 3.63) is 24.2 Å². The molecular weight excluding hydrogens is 290 g/mol. The van der Waals surface area contributed by atoms with Gasteiger partial charge in [0.1, 0.15) is 11.4 Å². The molecule has 2 rings (SSSR count). The summed E-state index contributed by atoms with van der Waals surface area (Å²) in [6, 6.07) is 4.04. The molecule has 3 N–H and O–H groups in total. The summed E-state index contributed by atoms with van der Waals surface area (Å²) in [5, 5.41) is 17.3. The molecular formula is C18H31N3O2. The monoisotopic (exact) mass is 321 g/mol. The second-order valence-corrected chi connectivity index (χ2v) is 6.72. The van der Waals surface area contributed by atoms with Crippen molar-refractivity contribution in [3.63, 3.8) is 0 Å². The van der Waals surface area contributed by atoms with E-state index >= 15 is 0 Å². The van der Waals surface area contributed by atoms with Crippen molar-refractivity contribution in [3.8, 4) is 0 Å². The maximum Gasteiger partial charge on any atom is 0.191 e. The lowest BCUT2D eigenvalue weighted by molar-refractivity contribution is 0.0436. The van der Waals surface area contributed by atoms with Crippen molar-refractivity contribution >= 4 is 5.96 Å². The molecule has 1 aromatic rings. The predicted molar refractivity (Wildman–Crippen MR) is 93.4 cm³/mol. The lowest BCUT2D eigenvalue weighted by atomic mass is 9.84. The first-order chi connectivity index (χ1) is 11.0. The summed E-state index contributed by atoms with van der Waals surface area (Å²) >= 11 is 0. The molecule has 0 spiro atoms. The Kier molecular flexibility index (Phi) is 6.51. The highest BCUT2D eigenvalue weighted by Gasteiger charge is 2.26. The van der Waals surface area contributed by atoms with Crippen LogP contribution in [0.1, 0.15) is 58.6 Å². The van der Waals surface area contributed by atoms with Gasteiger partial charge >= 0.3 is 0 Å². The van der Waals surface area contributed by atoms with E-state index in [1.54, 1.807) is 25.3 Å². The highest BCUT2D eigenvalue weighted by atomic mass is 16.4. The van der Waals surface area contributed by atoms with Gasteiger partial charge in [-0.2, -0.15) is 0 Å². The van der Waals surface area contributed by atoms with Crippen molar-refractivity contribution in [1.29, 1.82) is 0 Å². The first kappa shape index (κ1) is 17.9. The van der Waals surface area contributed by atoms with E-state index in [1.807, 2.05) is 0 Å². The summed E-state index contributed by atoms with van der Waals surface area (Å²) in [5.74, 6) is 2.20. The van der Waals surface area contributed by atoms with Gasteiger partial charge in [-0.25, -0.2) is 4.99 Å². The van der Waals surface area contributed by atoms with Gasteiger partial charge < -0.3 is 20.2 Å². The number of rotatable bonds is 6. The molecule has 1 aliphatic carbocycles. The van der Waals surface area contributed by atoms with Gasteiger partial charge in [0.25, 0.3) is 0 Å². The Morgan fingerprint density at radius 3 is 2.65 bits per heavy atom. The van der Waals surface area contributed by atoms with Crippen LogP contribution in [0.2, 0.25) is 0 Å². The average Bonchev–Trinajstić information content (AvgIpc) is 3.09. The van der Waals surface area contributed by atoms with Gasteiger partial charge in [-0.15, -0.1) is 0 Å². The van der Waals surface area contributed by atoms with Crippen LogP contribution in [0.15, 0.2) is 27.8 Å². The van der Waals surface area contributed by atoms with Crippen LogP contribution in [0.25, 0.3) is 0 Å². The van der Waals surface area contributed by atoms with Gasteiger partial charge in [0.15, 0.2) is 5.96 Å². The third kappa shape index (κ3) is 5.27. The molecule has 1 aliphatic rings. The summed E-state index contributed by atoms with van der Waals surface area (Å²) in [6.45, 7) is 7.13. The highest BCUT2D eigenvalue weighted by Crippen LogP contribution is 2.26. The molecule has 0 aliphatic heterocycles. The van der Waals surface area contributed by atoms with Crippen LogP contribution < -0.4 is 10.6 Å². The Bertz CT molecular complexity index is 474. The number of nitrogens with zero attached hydrogens (tertiary/aromatic N) is 1. The van der Waals surface area contributed by atoms with Crippen LogP contribution in [0.4, 0.5) is 0 Å². The zero-order chi connectivity index (χ0) is 16.7. The first-order valence-corrected chi connectivity index (χ1v) is 8.86. The average molecular weight is 321 g/mol.